The van der Waals surface area contributed by atoms with Crippen LogP contribution in [0.15, 0.2) is 0 Å². The van der Waals surface area contributed by atoms with Gasteiger partial charge in [-0.25, -0.2) is 0 Å². The average molecular weight is 1080 g/mol. The van der Waals surface area contributed by atoms with E-state index in [0.29, 0.717) is 6.42 Å². The molecule has 6 N–H and O–H groups in total. The van der Waals surface area contributed by atoms with Gasteiger partial charge in [0.15, 0.2) is 0 Å². The van der Waals surface area contributed by atoms with Crippen LogP contribution in [0, 0.1) is 35.5 Å². The third kappa shape index (κ3) is 68.2. The normalized spacial score (nSPS) is 13.1. The van der Waals surface area contributed by atoms with Crippen LogP contribution in [-0.2, 0) is 66.7 Å². The van der Waals surface area contributed by atoms with Crippen LogP contribution in [0.1, 0.15) is 242 Å². The molecule has 0 heterocycles. The Balaban J connectivity index is -0.000000144. The monoisotopic (exact) mass is 1080 g/mol. The van der Waals surface area contributed by atoms with Gasteiger partial charge in [-0.05, 0) is 163 Å². The van der Waals surface area contributed by atoms with Crippen molar-refractivity contribution < 1.29 is 66.7 Å². The molecule has 0 aliphatic heterocycles. The third-order valence-electron chi connectivity index (χ3n) is 7.53. The molecule has 0 spiro atoms. The lowest BCUT2D eigenvalue weighted by Crippen LogP contribution is -2.40. The highest BCUT2D eigenvalue weighted by Gasteiger charge is 2.27. The first-order chi connectivity index (χ1) is 32.6. The fraction of sp³-hybridized carbons (Fsp3) is 0.879. The van der Waals surface area contributed by atoms with Crippen molar-refractivity contribution in [2.75, 3.05) is 0 Å². The molecular formula is C58H119N3O14. The van der Waals surface area contributed by atoms with E-state index in [4.69, 9.17) is 50.4 Å². The van der Waals surface area contributed by atoms with Gasteiger partial charge in [-0.15, -0.1) is 0 Å². The van der Waals surface area contributed by atoms with E-state index in [2.05, 4.69) is 0 Å². The standard InChI is InChI=1S/3C9H19NO2.3C8H16O2.C7H14O2/c3*1-6(2)7(10)8(11)12-9(3,4)5;3*1-6(2)7(9)10-8(3,4)5;1-5-6(8)9-7(2,3)4/h3*6-7H,10H2,1-5H3;3*6H,1-5H3;5H2,1-4H3/t2*7-;;;;;/m10...../s1. The molecule has 0 amide bonds. The molecule has 0 aromatic rings. The summed E-state index contributed by atoms with van der Waals surface area (Å²) in [6.45, 7) is 63.0. The van der Waals surface area contributed by atoms with Crippen molar-refractivity contribution in [1.29, 1.82) is 0 Å². The Hall–Kier alpha value is -3.83. The van der Waals surface area contributed by atoms with Gasteiger partial charge in [0.05, 0.1) is 17.8 Å². The van der Waals surface area contributed by atoms with Crippen molar-refractivity contribution in [2.45, 2.75) is 299 Å². The summed E-state index contributed by atoms with van der Waals surface area (Å²) >= 11 is 0. The summed E-state index contributed by atoms with van der Waals surface area (Å²) in [5, 5.41) is 0. The summed E-state index contributed by atoms with van der Waals surface area (Å²) in [6.07, 6.45) is 0.456. The number of carbonyl (C=O) groups is 7. The molecule has 0 fully saturated rings. The maximum atomic E-state index is 11.3. The van der Waals surface area contributed by atoms with E-state index in [9.17, 15) is 33.6 Å². The molecule has 75 heavy (non-hydrogen) atoms. The van der Waals surface area contributed by atoms with E-state index in [1.807, 2.05) is 228 Å². The molecule has 0 aromatic heterocycles. The van der Waals surface area contributed by atoms with Gasteiger partial charge >= 0.3 is 41.8 Å². The van der Waals surface area contributed by atoms with Crippen molar-refractivity contribution in [3.8, 4) is 0 Å². The molecule has 0 rings (SSSR count). The number of hydrogen-bond donors (Lipinski definition) is 3. The van der Waals surface area contributed by atoms with Crippen LogP contribution in [0.3, 0.4) is 0 Å². The van der Waals surface area contributed by atoms with Crippen molar-refractivity contribution in [3.63, 3.8) is 0 Å². The fourth-order valence-electron chi connectivity index (χ4n) is 3.60. The molecular weight excluding hydrogens is 963 g/mol. The third-order valence-corrected chi connectivity index (χ3v) is 7.53. The predicted molar refractivity (Wildman–Crippen MR) is 304 cm³/mol. The van der Waals surface area contributed by atoms with Crippen LogP contribution in [0.5, 0.6) is 0 Å². The highest BCUT2D eigenvalue weighted by atomic mass is 16.6. The summed E-state index contributed by atoms with van der Waals surface area (Å²) in [7, 11) is 0. The Labute approximate surface area is 459 Å². The van der Waals surface area contributed by atoms with Gasteiger partial charge in [0, 0.05) is 6.42 Å². The summed E-state index contributed by atoms with van der Waals surface area (Å²) in [6, 6.07) is -1.53. The van der Waals surface area contributed by atoms with Crippen LogP contribution in [0.25, 0.3) is 0 Å². The predicted octanol–water partition coefficient (Wildman–Crippen LogP) is 11.6. The lowest BCUT2D eigenvalue weighted by atomic mass is 10.1. The first-order valence-electron chi connectivity index (χ1n) is 26.5. The van der Waals surface area contributed by atoms with Gasteiger partial charge in [-0.2, -0.15) is 0 Å². The Kier molecular flexibility index (Phi) is 43.0. The number of nitrogens with two attached hydrogens (primary N) is 3. The van der Waals surface area contributed by atoms with Gasteiger partial charge in [-0.3, -0.25) is 33.6 Å². The Morgan fingerprint density at radius 1 is 0.280 bits per heavy atom. The maximum Gasteiger partial charge on any atom is 0.323 e. The molecule has 450 valence electrons. The zero-order valence-electron chi connectivity index (χ0n) is 54.4. The summed E-state index contributed by atoms with van der Waals surface area (Å²) in [5.41, 5.74) is 14.1. The number of esters is 7. The summed E-state index contributed by atoms with van der Waals surface area (Å²) in [5.74, 6) is -1.21. The minimum atomic E-state index is -0.510. The molecule has 0 aliphatic carbocycles. The van der Waals surface area contributed by atoms with E-state index >= 15 is 0 Å². The van der Waals surface area contributed by atoms with Gasteiger partial charge in [0.2, 0.25) is 0 Å². The Morgan fingerprint density at radius 2 is 0.413 bits per heavy atom. The zero-order chi connectivity index (χ0) is 62.4. The first-order valence-corrected chi connectivity index (χ1v) is 26.5. The van der Waals surface area contributed by atoms with E-state index in [1.54, 1.807) is 6.92 Å². The molecule has 17 heteroatoms. The average Bonchev–Trinajstić information content (AvgIpc) is 3.13. The van der Waals surface area contributed by atoms with E-state index in [1.165, 1.54) is 0 Å². The van der Waals surface area contributed by atoms with E-state index in [-0.39, 0.29) is 99.7 Å². The van der Waals surface area contributed by atoms with Crippen LogP contribution in [0.2, 0.25) is 0 Å². The number of hydrogen-bond acceptors (Lipinski definition) is 17. The summed E-state index contributed by atoms with van der Waals surface area (Å²) < 4.78 is 35.4. The highest BCUT2D eigenvalue weighted by Crippen LogP contribution is 2.15. The van der Waals surface area contributed by atoms with E-state index in [0.717, 1.165) is 0 Å². The second-order valence-electron chi connectivity index (χ2n) is 26.9. The topological polar surface area (TPSA) is 262 Å². The summed E-state index contributed by atoms with van der Waals surface area (Å²) in [4.78, 5) is 77.2. The number of rotatable bonds is 10. The van der Waals surface area contributed by atoms with Crippen molar-refractivity contribution in [3.05, 3.63) is 0 Å². The van der Waals surface area contributed by atoms with Crippen LogP contribution in [-0.4, -0.2) is 99.1 Å². The lowest BCUT2D eigenvalue weighted by molar-refractivity contribution is -0.159. The maximum absolute atomic E-state index is 11.3. The molecule has 1 unspecified atom stereocenters. The molecule has 0 saturated heterocycles. The van der Waals surface area contributed by atoms with Crippen molar-refractivity contribution in [1.82, 2.24) is 0 Å². The number of ether oxygens (including phenoxy) is 7. The van der Waals surface area contributed by atoms with Crippen LogP contribution >= 0.6 is 0 Å². The molecule has 3 atom stereocenters. The second kappa shape index (κ2) is 37.9. The quantitative estimate of drug-likeness (QED) is 0.136. The Bertz CT molecular complexity index is 1440. The largest absolute Gasteiger partial charge is 0.460 e. The molecule has 0 saturated carbocycles. The minimum absolute atomic E-state index is 0.0285. The molecule has 17 nitrogen and oxygen atoms in total. The fourth-order valence-corrected chi connectivity index (χ4v) is 3.60. The van der Waals surface area contributed by atoms with Gasteiger partial charge < -0.3 is 50.4 Å². The van der Waals surface area contributed by atoms with Gasteiger partial charge in [-0.1, -0.05) is 90.0 Å². The van der Waals surface area contributed by atoms with Crippen molar-refractivity contribution >= 4 is 41.8 Å². The van der Waals surface area contributed by atoms with E-state index < -0.39 is 34.9 Å². The van der Waals surface area contributed by atoms with Gasteiger partial charge in [0.1, 0.15) is 57.3 Å². The lowest BCUT2D eigenvalue weighted by Gasteiger charge is -2.23. The highest BCUT2D eigenvalue weighted by molar-refractivity contribution is 5.77. The molecule has 0 radical (unpaired) electrons. The molecule has 0 aromatic carbocycles. The van der Waals surface area contributed by atoms with Crippen molar-refractivity contribution in [2.24, 2.45) is 52.7 Å². The van der Waals surface area contributed by atoms with Crippen LogP contribution < -0.4 is 17.2 Å². The number of carbonyl (C=O) groups excluding carboxylic acids is 7. The molecule has 0 aliphatic rings. The smallest absolute Gasteiger partial charge is 0.323 e. The zero-order valence-corrected chi connectivity index (χ0v) is 54.4. The minimum Gasteiger partial charge on any atom is -0.460 e. The Morgan fingerprint density at radius 3 is 0.480 bits per heavy atom. The second-order valence-corrected chi connectivity index (χ2v) is 26.9. The SMILES string of the molecule is CC(C)C(=O)OC(C)(C)C.CC(C)C(=O)OC(C)(C)C.CC(C)C(=O)OC(C)(C)C.CC(C)C(N)C(=O)OC(C)(C)C.CC(C)[C@@H](N)C(=O)OC(C)(C)C.CC(C)[C@H](N)C(=O)OC(C)(C)C.CCC(=O)OC(C)(C)C. The van der Waals surface area contributed by atoms with Gasteiger partial charge in [0.25, 0.3) is 0 Å². The first kappa shape index (κ1) is 85.1. The molecule has 0 bridgehead atoms. The van der Waals surface area contributed by atoms with Crippen LogP contribution in [0.4, 0.5) is 0 Å².